The molecule has 0 saturated heterocycles. The smallest absolute Gasteiger partial charge is 0.410 e. The summed E-state index contributed by atoms with van der Waals surface area (Å²) in [6.07, 6.45) is 1.90. The van der Waals surface area contributed by atoms with E-state index in [4.69, 9.17) is 15.3 Å². The van der Waals surface area contributed by atoms with Crippen molar-refractivity contribution in [2.24, 2.45) is 23.5 Å². The lowest BCUT2D eigenvalue weighted by Crippen LogP contribution is -2.55. The summed E-state index contributed by atoms with van der Waals surface area (Å²) < 4.78 is 6.10. The molecule has 0 bridgehead atoms. The van der Waals surface area contributed by atoms with Gasteiger partial charge in [-0.3, -0.25) is 28.9 Å². The number of Topliss-reactive ketones (excluding diaryl/α,β-unsaturated/α-hetero) is 1. The first-order valence-corrected chi connectivity index (χ1v) is 21.2. The van der Waals surface area contributed by atoms with E-state index in [1.165, 1.54) is 31.0 Å². The standard InChI is InChI=1S/C43H66N8O12/c1-25(2)36(28(7)52)49-41(59)38(27(5)6)50(8)43(61)62-24-29-17-19-30(20-18-29)46-39(57)31(14-13-23-45-42(44)60)47-40(58)37(26(3)4)48-32(53)15-11-9-10-12-16-35(56)63-51-33(54)21-22-34(51)55/h17-22,25-27,31,36-38,54-55H,9-16,23-24H2,1-8H3,(H,46,57)(H,47,58)(H,48,53)(H,49,59)(H3,44,45,60)/t31-,36-,37-,38-/m0/s1. The number of anilines is 1. The SMILES string of the molecule is CC(=O)[C@@H](NC(=O)[C@H](C(C)C)N(C)C(=O)OCc1ccc(NC(=O)[C@H](CCCNC(N)=O)NC(=O)[C@@H](NC(=O)CCCCCCC(=O)On2c(O)ccc2O)C(C)C)cc1)C(C)C. The van der Waals surface area contributed by atoms with Crippen molar-refractivity contribution in [2.75, 3.05) is 18.9 Å². The van der Waals surface area contributed by atoms with Crippen LogP contribution in [0.1, 0.15) is 105 Å². The Morgan fingerprint density at radius 3 is 1.84 bits per heavy atom. The fourth-order valence-electron chi connectivity index (χ4n) is 6.56. The van der Waals surface area contributed by atoms with E-state index in [1.807, 2.05) is 13.8 Å². The average molecular weight is 887 g/mol. The van der Waals surface area contributed by atoms with Gasteiger partial charge in [-0.05, 0) is 68.1 Å². The molecule has 63 heavy (non-hydrogen) atoms. The molecule has 1 heterocycles. The molecular formula is C43H66N8O12. The van der Waals surface area contributed by atoms with E-state index in [1.54, 1.807) is 52.0 Å². The van der Waals surface area contributed by atoms with Gasteiger partial charge in [-0.1, -0.05) is 66.5 Å². The van der Waals surface area contributed by atoms with E-state index >= 15 is 0 Å². The van der Waals surface area contributed by atoms with Gasteiger partial charge in [-0.25, -0.2) is 14.4 Å². The number of carbonyl (C=O) groups excluding carboxylic acids is 8. The van der Waals surface area contributed by atoms with Gasteiger partial charge in [0, 0.05) is 44.3 Å². The lowest BCUT2D eigenvalue weighted by Gasteiger charge is -2.31. The number of nitrogens with one attached hydrogen (secondary N) is 5. The molecule has 0 aliphatic carbocycles. The second-order valence-corrected chi connectivity index (χ2v) is 16.4. The van der Waals surface area contributed by atoms with Gasteiger partial charge in [-0.15, -0.1) is 4.73 Å². The molecule has 2 rings (SSSR count). The van der Waals surface area contributed by atoms with E-state index in [0.29, 0.717) is 41.7 Å². The number of carbonyl (C=O) groups is 8. The molecule has 0 aliphatic heterocycles. The Morgan fingerprint density at radius 1 is 0.714 bits per heavy atom. The summed E-state index contributed by atoms with van der Waals surface area (Å²) in [5.41, 5.74) is 6.12. The molecule has 9 N–H and O–H groups in total. The summed E-state index contributed by atoms with van der Waals surface area (Å²) >= 11 is 0. The van der Waals surface area contributed by atoms with E-state index in [-0.39, 0.29) is 68.3 Å². The number of benzene rings is 1. The Morgan fingerprint density at radius 2 is 1.30 bits per heavy atom. The normalized spacial score (nSPS) is 13.0. The molecule has 20 heteroatoms. The molecule has 20 nitrogen and oxygen atoms in total. The van der Waals surface area contributed by atoms with Crippen LogP contribution in [0.4, 0.5) is 15.3 Å². The molecule has 2 aromatic rings. The number of ketones is 1. The second kappa shape index (κ2) is 26.2. The number of hydrogen-bond donors (Lipinski definition) is 8. The van der Waals surface area contributed by atoms with Gasteiger partial charge < -0.3 is 52.1 Å². The molecule has 0 spiro atoms. The molecular weight excluding hydrogens is 821 g/mol. The number of likely N-dealkylation sites (N-methyl/N-ethyl adjacent to an activating group) is 1. The van der Waals surface area contributed by atoms with Crippen molar-refractivity contribution in [1.29, 1.82) is 0 Å². The summed E-state index contributed by atoms with van der Waals surface area (Å²) in [7, 11) is 1.45. The summed E-state index contributed by atoms with van der Waals surface area (Å²) in [6.45, 7) is 12.1. The van der Waals surface area contributed by atoms with Crippen LogP contribution in [0.5, 0.6) is 11.8 Å². The molecule has 1 aromatic carbocycles. The topological polar surface area (TPSA) is 290 Å². The highest BCUT2D eigenvalue weighted by molar-refractivity contribution is 5.98. The van der Waals surface area contributed by atoms with Gasteiger partial charge in [0.15, 0.2) is 5.78 Å². The van der Waals surface area contributed by atoms with E-state index in [9.17, 15) is 48.6 Å². The molecule has 1 aromatic heterocycles. The average Bonchev–Trinajstić information content (AvgIpc) is 3.52. The number of amides is 7. The maximum absolute atomic E-state index is 13.6. The van der Waals surface area contributed by atoms with Crippen LogP contribution in [0, 0.1) is 17.8 Å². The fraction of sp³-hybridized carbons (Fsp3) is 0.581. The number of rotatable bonds is 26. The molecule has 0 unspecified atom stereocenters. The largest absolute Gasteiger partial charge is 0.492 e. The van der Waals surface area contributed by atoms with Crippen molar-refractivity contribution >= 4 is 53.2 Å². The zero-order valence-electron chi connectivity index (χ0n) is 37.5. The quantitative estimate of drug-likeness (QED) is 0.0632. The number of ether oxygens (including phenoxy) is 1. The van der Waals surface area contributed by atoms with Crippen LogP contribution < -0.4 is 37.2 Å². The zero-order chi connectivity index (χ0) is 47.4. The van der Waals surface area contributed by atoms with Crippen LogP contribution in [-0.2, 0) is 40.1 Å². The molecule has 7 amide bonds. The number of aromatic nitrogens is 1. The Kier molecular flexibility index (Phi) is 22.0. The number of nitrogens with two attached hydrogens (primary N) is 1. The van der Waals surface area contributed by atoms with Gasteiger partial charge in [0.25, 0.3) is 0 Å². The molecule has 4 atom stereocenters. The van der Waals surface area contributed by atoms with Crippen LogP contribution in [0.2, 0.25) is 0 Å². The predicted molar refractivity (Wildman–Crippen MR) is 232 cm³/mol. The van der Waals surface area contributed by atoms with E-state index < -0.39 is 71.7 Å². The first-order valence-electron chi connectivity index (χ1n) is 21.2. The summed E-state index contributed by atoms with van der Waals surface area (Å²) in [5, 5.41) is 32.6. The van der Waals surface area contributed by atoms with Gasteiger partial charge in [0.1, 0.15) is 24.7 Å². The second-order valence-electron chi connectivity index (χ2n) is 16.4. The zero-order valence-corrected chi connectivity index (χ0v) is 37.5. The summed E-state index contributed by atoms with van der Waals surface area (Å²) in [6, 6.07) is 4.38. The predicted octanol–water partition coefficient (Wildman–Crippen LogP) is 3.23. The number of urea groups is 1. The van der Waals surface area contributed by atoms with Crippen molar-refractivity contribution in [3.63, 3.8) is 0 Å². The number of unbranched alkanes of at least 4 members (excludes halogenated alkanes) is 3. The highest BCUT2D eigenvalue weighted by atomic mass is 16.7. The van der Waals surface area contributed by atoms with Gasteiger partial charge in [0.05, 0.1) is 6.04 Å². The maximum atomic E-state index is 13.6. The van der Waals surface area contributed by atoms with Gasteiger partial charge >= 0.3 is 18.1 Å². The highest BCUT2D eigenvalue weighted by Gasteiger charge is 2.34. The van der Waals surface area contributed by atoms with Crippen LogP contribution >= 0.6 is 0 Å². The third-order valence-electron chi connectivity index (χ3n) is 9.98. The minimum atomic E-state index is -1.07. The van der Waals surface area contributed by atoms with Gasteiger partial charge in [-0.2, -0.15) is 0 Å². The monoisotopic (exact) mass is 886 g/mol. The van der Waals surface area contributed by atoms with Crippen molar-refractivity contribution < 1.29 is 58.1 Å². The molecule has 0 saturated carbocycles. The Balaban J connectivity index is 1.97. The van der Waals surface area contributed by atoms with Crippen molar-refractivity contribution in [3.05, 3.63) is 42.0 Å². The highest BCUT2D eigenvalue weighted by Crippen LogP contribution is 2.20. The number of nitrogens with zero attached hydrogens (tertiary/aromatic N) is 2. The Labute approximate surface area is 368 Å². The first kappa shape index (κ1) is 52.8. The summed E-state index contributed by atoms with van der Waals surface area (Å²) in [5.74, 6) is -4.45. The van der Waals surface area contributed by atoms with Gasteiger partial charge in [0.2, 0.25) is 35.4 Å². The summed E-state index contributed by atoms with van der Waals surface area (Å²) in [4.78, 5) is 108. The lowest BCUT2D eigenvalue weighted by atomic mass is 9.97. The van der Waals surface area contributed by atoms with Crippen LogP contribution in [0.3, 0.4) is 0 Å². The number of primary amides is 1. The van der Waals surface area contributed by atoms with E-state index in [2.05, 4.69) is 26.6 Å². The lowest BCUT2D eigenvalue weighted by molar-refractivity contribution is -0.145. The molecule has 0 fully saturated rings. The Hall–Kier alpha value is -6.34. The van der Waals surface area contributed by atoms with Crippen molar-refractivity contribution in [2.45, 2.75) is 131 Å². The number of hydrogen-bond acceptors (Lipinski definition) is 12. The molecule has 0 aliphatic rings. The Bertz CT molecular complexity index is 1840. The van der Waals surface area contributed by atoms with E-state index in [0.717, 1.165) is 0 Å². The number of aromatic hydroxyl groups is 2. The fourth-order valence-corrected chi connectivity index (χ4v) is 6.56. The van der Waals surface area contributed by atoms with Crippen LogP contribution in [0.15, 0.2) is 36.4 Å². The maximum Gasteiger partial charge on any atom is 0.410 e. The van der Waals surface area contributed by atoms with Crippen molar-refractivity contribution in [1.82, 2.24) is 30.9 Å². The van der Waals surface area contributed by atoms with Crippen LogP contribution in [-0.4, -0.2) is 105 Å². The third-order valence-corrected chi connectivity index (χ3v) is 9.98. The minimum Gasteiger partial charge on any atom is -0.492 e. The molecule has 350 valence electrons. The molecule has 0 radical (unpaired) electrons. The van der Waals surface area contributed by atoms with Crippen molar-refractivity contribution in [3.8, 4) is 11.8 Å². The first-order chi connectivity index (χ1) is 29.6. The van der Waals surface area contributed by atoms with Crippen LogP contribution in [0.25, 0.3) is 0 Å². The minimum absolute atomic E-state index is 0.0279. The third kappa shape index (κ3) is 18.3.